The van der Waals surface area contributed by atoms with Crippen molar-refractivity contribution in [2.24, 2.45) is 5.73 Å². The maximum absolute atomic E-state index is 12.0. The Morgan fingerprint density at radius 2 is 1.95 bits per heavy atom. The normalized spacial score (nSPS) is 11.3. The summed E-state index contributed by atoms with van der Waals surface area (Å²) in [6.07, 6.45) is -0.104. The molecule has 0 aliphatic carbocycles. The molecule has 0 bridgehead atoms. The molecule has 0 spiro atoms. The number of hydrogen-bond donors (Lipinski definition) is 2. The van der Waals surface area contributed by atoms with Gasteiger partial charge in [0.25, 0.3) is 0 Å². The molecule has 1 atom stereocenters. The zero-order chi connectivity index (χ0) is 15.7. The van der Waals surface area contributed by atoms with Crippen LogP contribution in [0, 0.1) is 0 Å². The summed E-state index contributed by atoms with van der Waals surface area (Å²) >= 11 is 0. The number of amides is 1. The van der Waals surface area contributed by atoms with Crippen LogP contribution in [0.4, 0.5) is 5.69 Å². The third kappa shape index (κ3) is 6.51. The predicted molar refractivity (Wildman–Crippen MR) is 89.1 cm³/mol. The molecule has 3 N–H and O–H groups in total. The second-order valence-corrected chi connectivity index (χ2v) is 4.37. The molecule has 6 nitrogen and oxygen atoms in total. The Labute approximate surface area is 137 Å². The maximum Gasteiger partial charge on any atom is 0.227 e. The maximum atomic E-state index is 12.0. The number of halogens is 1. The number of hydrogen-bond acceptors (Lipinski definition) is 5. The van der Waals surface area contributed by atoms with Crippen LogP contribution in [0.1, 0.15) is 20.3 Å². The number of nitrogens with two attached hydrogens (primary N) is 1. The van der Waals surface area contributed by atoms with Crippen LogP contribution in [0.25, 0.3) is 0 Å². The molecule has 0 aromatic heterocycles. The van der Waals surface area contributed by atoms with Crippen LogP contribution in [0.3, 0.4) is 0 Å². The summed E-state index contributed by atoms with van der Waals surface area (Å²) in [6.45, 7) is 5.15. The number of rotatable bonds is 9. The van der Waals surface area contributed by atoms with Crippen molar-refractivity contribution < 1.29 is 19.0 Å². The monoisotopic (exact) mass is 332 g/mol. The first kappa shape index (κ1) is 20.5. The van der Waals surface area contributed by atoms with Crippen molar-refractivity contribution in [1.82, 2.24) is 0 Å². The van der Waals surface area contributed by atoms with Gasteiger partial charge in [-0.1, -0.05) is 0 Å². The minimum Gasteiger partial charge on any atom is -0.494 e. The molecule has 0 heterocycles. The van der Waals surface area contributed by atoms with E-state index < -0.39 is 0 Å². The van der Waals surface area contributed by atoms with Gasteiger partial charge in [0.05, 0.1) is 31.4 Å². The quantitative estimate of drug-likeness (QED) is 0.724. The standard InChI is InChI=1S/C15H24N2O4.ClH/c1-4-20-11-6-7-14(21-5-2)13(8-11)17-15(18)9-12(10-16)19-3;/h6-8,12H,4-5,9-10,16H2,1-3H3,(H,17,18);1H. The topological polar surface area (TPSA) is 82.8 Å². The van der Waals surface area contributed by atoms with Gasteiger partial charge in [0.1, 0.15) is 11.5 Å². The number of carbonyl (C=O) groups excluding carboxylic acids is 1. The van der Waals surface area contributed by atoms with Crippen LogP contribution in [0.15, 0.2) is 18.2 Å². The van der Waals surface area contributed by atoms with Crippen LogP contribution in [0.5, 0.6) is 11.5 Å². The molecule has 0 fully saturated rings. The Kier molecular flexibility index (Phi) is 10.4. The molecule has 0 saturated heterocycles. The van der Waals surface area contributed by atoms with Gasteiger partial charge in [-0.3, -0.25) is 4.79 Å². The first-order chi connectivity index (χ1) is 10.1. The lowest BCUT2D eigenvalue weighted by atomic mass is 10.2. The highest BCUT2D eigenvalue weighted by Gasteiger charge is 2.14. The number of anilines is 1. The number of ether oxygens (including phenoxy) is 3. The Hall–Kier alpha value is -1.50. The average Bonchev–Trinajstić information content (AvgIpc) is 2.48. The fourth-order valence-corrected chi connectivity index (χ4v) is 1.82. The molecule has 7 heteroatoms. The predicted octanol–water partition coefficient (Wildman–Crippen LogP) is 2.21. The van der Waals surface area contributed by atoms with Crippen molar-refractivity contribution in [1.29, 1.82) is 0 Å². The average molecular weight is 333 g/mol. The van der Waals surface area contributed by atoms with E-state index in [4.69, 9.17) is 19.9 Å². The Morgan fingerprint density at radius 1 is 1.27 bits per heavy atom. The molecule has 22 heavy (non-hydrogen) atoms. The molecule has 0 saturated carbocycles. The number of nitrogens with one attached hydrogen (secondary N) is 1. The molecule has 0 aliphatic heterocycles. The second kappa shape index (κ2) is 11.1. The van der Waals surface area contributed by atoms with Crippen LogP contribution in [-0.2, 0) is 9.53 Å². The fraction of sp³-hybridized carbons (Fsp3) is 0.533. The molecular formula is C15H25ClN2O4. The lowest BCUT2D eigenvalue weighted by Gasteiger charge is -2.15. The van der Waals surface area contributed by atoms with E-state index in [-0.39, 0.29) is 30.8 Å². The lowest BCUT2D eigenvalue weighted by Crippen LogP contribution is -2.28. The Bertz CT molecular complexity index is 453. The second-order valence-electron chi connectivity index (χ2n) is 4.37. The van der Waals surface area contributed by atoms with Gasteiger partial charge in [-0.25, -0.2) is 0 Å². The summed E-state index contributed by atoms with van der Waals surface area (Å²) < 4.78 is 16.0. The van der Waals surface area contributed by atoms with Crippen molar-refractivity contribution in [3.8, 4) is 11.5 Å². The molecular weight excluding hydrogens is 308 g/mol. The van der Waals surface area contributed by atoms with E-state index in [0.29, 0.717) is 36.9 Å². The zero-order valence-electron chi connectivity index (χ0n) is 13.3. The van der Waals surface area contributed by atoms with Gasteiger partial charge in [-0.2, -0.15) is 0 Å². The van der Waals surface area contributed by atoms with E-state index in [1.54, 1.807) is 12.1 Å². The van der Waals surface area contributed by atoms with Crippen molar-refractivity contribution in [2.75, 3.05) is 32.2 Å². The summed E-state index contributed by atoms with van der Waals surface area (Å²) in [5, 5.41) is 2.81. The molecule has 1 rings (SSSR count). The first-order valence-electron chi connectivity index (χ1n) is 7.06. The first-order valence-corrected chi connectivity index (χ1v) is 7.06. The van der Waals surface area contributed by atoms with Gasteiger partial charge in [0, 0.05) is 19.7 Å². The molecule has 1 aromatic rings. The third-order valence-corrected chi connectivity index (χ3v) is 2.85. The van der Waals surface area contributed by atoms with Crippen LogP contribution in [0.2, 0.25) is 0 Å². The molecule has 0 radical (unpaired) electrons. The van der Waals surface area contributed by atoms with Gasteiger partial charge in [-0.15, -0.1) is 12.4 Å². The summed E-state index contributed by atoms with van der Waals surface area (Å²) in [5.74, 6) is 1.11. The third-order valence-electron chi connectivity index (χ3n) is 2.85. The van der Waals surface area contributed by atoms with Crippen molar-refractivity contribution in [3.05, 3.63) is 18.2 Å². The molecule has 1 unspecified atom stereocenters. The minimum absolute atomic E-state index is 0. The van der Waals surface area contributed by atoms with Crippen molar-refractivity contribution in [3.63, 3.8) is 0 Å². The van der Waals surface area contributed by atoms with Gasteiger partial charge in [0.15, 0.2) is 0 Å². The molecule has 126 valence electrons. The van der Waals surface area contributed by atoms with E-state index in [2.05, 4.69) is 5.32 Å². The van der Waals surface area contributed by atoms with E-state index in [0.717, 1.165) is 0 Å². The van der Waals surface area contributed by atoms with E-state index in [9.17, 15) is 4.79 Å². The van der Waals surface area contributed by atoms with E-state index in [1.807, 2.05) is 19.9 Å². The highest BCUT2D eigenvalue weighted by atomic mass is 35.5. The summed E-state index contributed by atoms with van der Waals surface area (Å²) in [6, 6.07) is 5.33. The van der Waals surface area contributed by atoms with Gasteiger partial charge < -0.3 is 25.3 Å². The number of benzene rings is 1. The highest BCUT2D eigenvalue weighted by molar-refractivity contribution is 5.92. The van der Waals surface area contributed by atoms with E-state index >= 15 is 0 Å². The van der Waals surface area contributed by atoms with Crippen molar-refractivity contribution in [2.45, 2.75) is 26.4 Å². The lowest BCUT2D eigenvalue weighted by molar-refractivity contribution is -0.118. The smallest absolute Gasteiger partial charge is 0.227 e. The SMILES string of the molecule is CCOc1ccc(OCC)c(NC(=O)CC(CN)OC)c1.Cl. The Balaban J connectivity index is 0.00000441. The van der Waals surface area contributed by atoms with Crippen LogP contribution < -0.4 is 20.5 Å². The summed E-state index contributed by atoms with van der Waals surface area (Å²) in [4.78, 5) is 12.0. The highest BCUT2D eigenvalue weighted by Crippen LogP contribution is 2.29. The zero-order valence-corrected chi connectivity index (χ0v) is 14.1. The Morgan fingerprint density at radius 3 is 2.50 bits per heavy atom. The largest absolute Gasteiger partial charge is 0.494 e. The fourth-order valence-electron chi connectivity index (χ4n) is 1.82. The van der Waals surface area contributed by atoms with Crippen LogP contribution in [-0.4, -0.2) is 38.9 Å². The van der Waals surface area contributed by atoms with Gasteiger partial charge in [-0.05, 0) is 26.0 Å². The molecule has 1 aromatic carbocycles. The van der Waals surface area contributed by atoms with E-state index in [1.165, 1.54) is 7.11 Å². The summed E-state index contributed by atoms with van der Waals surface area (Å²) in [5.41, 5.74) is 6.10. The molecule has 1 amide bonds. The van der Waals surface area contributed by atoms with Gasteiger partial charge in [0.2, 0.25) is 5.91 Å². The minimum atomic E-state index is -0.296. The summed E-state index contributed by atoms with van der Waals surface area (Å²) in [7, 11) is 1.53. The van der Waals surface area contributed by atoms with Crippen LogP contribution >= 0.6 is 12.4 Å². The molecule has 0 aliphatic rings. The number of methoxy groups -OCH3 is 1. The van der Waals surface area contributed by atoms with Gasteiger partial charge >= 0.3 is 0 Å². The number of carbonyl (C=O) groups is 1. The van der Waals surface area contributed by atoms with Crippen molar-refractivity contribution >= 4 is 24.0 Å².